The van der Waals surface area contributed by atoms with Gasteiger partial charge in [0.1, 0.15) is 5.82 Å². The topological polar surface area (TPSA) is 76.5 Å². The zero-order chi connectivity index (χ0) is 16.4. The van der Waals surface area contributed by atoms with E-state index >= 15 is 0 Å². The number of hydrogen-bond acceptors (Lipinski definition) is 6. The van der Waals surface area contributed by atoms with Gasteiger partial charge in [0.2, 0.25) is 0 Å². The van der Waals surface area contributed by atoms with Crippen LogP contribution in [0.25, 0.3) is 11.0 Å². The van der Waals surface area contributed by atoms with Gasteiger partial charge in [0.05, 0.1) is 37.6 Å². The lowest BCUT2D eigenvalue weighted by Crippen LogP contribution is -2.34. The molecule has 0 unspecified atom stereocenters. The van der Waals surface area contributed by atoms with E-state index < -0.39 is 0 Å². The summed E-state index contributed by atoms with van der Waals surface area (Å²) in [5.74, 6) is 2.34. The summed E-state index contributed by atoms with van der Waals surface area (Å²) < 4.78 is 10.6. The average Bonchev–Trinajstić information content (AvgIpc) is 2.56. The number of rotatable bonds is 4. The summed E-state index contributed by atoms with van der Waals surface area (Å²) in [7, 11) is 3.21. The molecule has 1 saturated carbocycles. The lowest BCUT2D eigenvalue weighted by Gasteiger charge is -2.31. The van der Waals surface area contributed by atoms with E-state index in [0.29, 0.717) is 23.5 Å². The van der Waals surface area contributed by atoms with Crippen molar-refractivity contribution >= 4 is 16.9 Å². The Labute approximate surface area is 135 Å². The first-order valence-electron chi connectivity index (χ1n) is 7.94. The molecule has 0 amide bonds. The fourth-order valence-corrected chi connectivity index (χ4v) is 3.13. The normalized spacial score (nSPS) is 24.4. The summed E-state index contributed by atoms with van der Waals surface area (Å²) in [6.45, 7) is 2.09. The maximum atomic E-state index is 9.83. The summed E-state index contributed by atoms with van der Waals surface area (Å²) in [4.78, 5) is 9.08. The van der Waals surface area contributed by atoms with Crippen LogP contribution in [0, 0.1) is 5.92 Å². The van der Waals surface area contributed by atoms with Crippen LogP contribution < -0.4 is 14.8 Å². The third-order valence-corrected chi connectivity index (χ3v) is 4.52. The van der Waals surface area contributed by atoms with Gasteiger partial charge in [-0.3, -0.25) is 4.98 Å². The standard InChI is InChI=1S/C17H23N3O3/c1-10-6-11(4-5-14(10)21)19-17-9-18-12-7-15(22-2)16(23-3)8-13(12)20-17/h7-11,14,21H,4-6H2,1-3H3,(H,19,20)/t10-,11+,14-/m0/s1. The molecule has 3 atom stereocenters. The highest BCUT2D eigenvalue weighted by Gasteiger charge is 2.26. The van der Waals surface area contributed by atoms with E-state index in [-0.39, 0.29) is 6.10 Å². The van der Waals surface area contributed by atoms with Crippen LogP contribution in [0.3, 0.4) is 0 Å². The minimum Gasteiger partial charge on any atom is -0.493 e. The van der Waals surface area contributed by atoms with E-state index in [9.17, 15) is 5.11 Å². The first-order valence-corrected chi connectivity index (χ1v) is 7.94. The van der Waals surface area contributed by atoms with E-state index in [2.05, 4.69) is 22.2 Å². The Bertz CT molecular complexity index is 692. The van der Waals surface area contributed by atoms with Crippen molar-refractivity contribution in [3.63, 3.8) is 0 Å². The Morgan fingerprint density at radius 3 is 2.48 bits per heavy atom. The number of fused-ring (bicyclic) bond motifs is 1. The largest absolute Gasteiger partial charge is 0.493 e. The Morgan fingerprint density at radius 1 is 1.13 bits per heavy atom. The lowest BCUT2D eigenvalue weighted by molar-refractivity contribution is 0.0748. The summed E-state index contributed by atoms with van der Waals surface area (Å²) >= 11 is 0. The molecule has 124 valence electrons. The van der Waals surface area contributed by atoms with Gasteiger partial charge in [-0.1, -0.05) is 6.92 Å². The third kappa shape index (κ3) is 3.32. The first kappa shape index (κ1) is 15.8. The fraction of sp³-hybridized carbons (Fsp3) is 0.529. The molecular weight excluding hydrogens is 294 g/mol. The molecule has 1 aliphatic carbocycles. The van der Waals surface area contributed by atoms with Crippen molar-refractivity contribution < 1.29 is 14.6 Å². The van der Waals surface area contributed by atoms with Gasteiger partial charge < -0.3 is 19.9 Å². The van der Waals surface area contributed by atoms with Crippen molar-refractivity contribution in [2.45, 2.75) is 38.3 Å². The van der Waals surface area contributed by atoms with E-state index in [1.165, 1.54) is 0 Å². The molecule has 0 radical (unpaired) electrons. The van der Waals surface area contributed by atoms with Crippen molar-refractivity contribution in [3.05, 3.63) is 18.3 Å². The Morgan fingerprint density at radius 2 is 1.83 bits per heavy atom. The monoisotopic (exact) mass is 317 g/mol. The summed E-state index contributed by atoms with van der Waals surface area (Å²) in [5.41, 5.74) is 1.53. The predicted molar refractivity (Wildman–Crippen MR) is 89.1 cm³/mol. The summed E-state index contributed by atoms with van der Waals surface area (Å²) in [6, 6.07) is 3.98. The Balaban J connectivity index is 1.82. The number of methoxy groups -OCH3 is 2. The van der Waals surface area contributed by atoms with Gasteiger partial charge in [-0.25, -0.2) is 4.98 Å². The number of aliphatic hydroxyl groups is 1. The molecule has 1 aromatic heterocycles. The van der Waals surface area contributed by atoms with Crippen LogP contribution in [-0.2, 0) is 0 Å². The second kappa shape index (κ2) is 6.58. The maximum Gasteiger partial charge on any atom is 0.163 e. The van der Waals surface area contributed by atoms with Crippen molar-refractivity contribution in [2.24, 2.45) is 5.92 Å². The SMILES string of the molecule is COc1cc2ncc(N[C@@H]3CC[C@H](O)[C@@H](C)C3)nc2cc1OC. The number of nitrogens with zero attached hydrogens (tertiary/aromatic N) is 2. The highest BCUT2D eigenvalue weighted by molar-refractivity contribution is 5.80. The van der Waals surface area contributed by atoms with Crippen LogP contribution in [-0.4, -0.2) is 41.4 Å². The summed E-state index contributed by atoms with van der Waals surface area (Å²) in [5, 5.41) is 13.3. The zero-order valence-electron chi connectivity index (χ0n) is 13.7. The molecular formula is C17H23N3O3. The van der Waals surface area contributed by atoms with Crippen LogP contribution in [0.2, 0.25) is 0 Å². The average molecular weight is 317 g/mol. The molecule has 2 N–H and O–H groups in total. The van der Waals surface area contributed by atoms with Crippen LogP contribution in [0.1, 0.15) is 26.2 Å². The number of aliphatic hydroxyl groups excluding tert-OH is 1. The smallest absolute Gasteiger partial charge is 0.163 e. The molecule has 1 fully saturated rings. The quantitative estimate of drug-likeness (QED) is 0.903. The van der Waals surface area contributed by atoms with Crippen molar-refractivity contribution in [3.8, 4) is 11.5 Å². The lowest BCUT2D eigenvalue weighted by atomic mass is 9.84. The van der Waals surface area contributed by atoms with Gasteiger partial charge >= 0.3 is 0 Å². The first-order chi connectivity index (χ1) is 11.1. The molecule has 0 aliphatic heterocycles. The van der Waals surface area contributed by atoms with Crippen LogP contribution >= 0.6 is 0 Å². The van der Waals surface area contributed by atoms with Gasteiger partial charge in [0, 0.05) is 18.2 Å². The van der Waals surface area contributed by atoms with Crippen molar-refractivity contribution in [1.82, 2.24) is 9.97 Å². The molecule has 1 heterocycles. The van der Waals surface area contributed by atoms with Gasteiger partial charge in [-0.15, -0.1) is 0 Å². The molecule has 1 aromatic carbocycles. The van der Waals surface area contributed by atoms with Gasteiger partial charge in [0.15, 0.2) is 11.5 Å². The number of aromatic nitrogens is 2. The van der Waals surface area contributed by atoms with E-state index in [4.69, 9.17) is 9.47 Å². The van der Waals surface area contributed by atoms with Crippen LogP contribution in [0.5, 0.6) is 11.5 Å². The second-order valence-corrected chi connectivity index (χ2v) is 6.15. The highest BCUT2D eigenvalue weighted by Crippen LogP contribution is 2.31. The Hall–Kier alpha value is -2.08. The van der Waals surface area contributed by atoms with E-state index in [0.717, 1.165) is 36.1 Å². The molecule has 0 spiro atoms. The number of ether oxygens (including phenoxy) is 2. The van der Waals surface area contributed by atoms with Gasteiger partial charge in [0.25, 0.3) is 0 Å². The minimum atomic E-state index is -0.188. The van der Waals surface area contributed by atoms with Gasteiger partial charge in [-0.2, -0.15) is 0 Å². The maximum absolute atomic E-state index is 9.83. The molecule has 0 saturated heterocycles. The molecule has 3 rings (SSSR count). The molecule has 0 bridgehead atoms. The number of benzene rings is 1. The van der Waals surface area contributed by atoms with Crippen LogP contribution in [0.15, 0.2) is 18.3 Å². The van der Waals surface area contributed by atoms with Crippen molar-refractivity contribution in [2.75, 3.05) is 19.5 Å². The number of anilines is 1. The second-order valence-electron chi connectivity index (χ2n) is 6.15. The van der Waals surface area contributed by atoms with Crippen LogP contribution in [0.4, 0.5) is 5.82 Å². The predicted octanol–water partition coefficient (Wildman–Crippen LogP) is 2.61. The minimum absolute atomic E-state index is 0.188. The van der Waals surface area contributed by atoms with E-state index in [1.807, 2.05) is 12.1 Å². The van der Waals surface area contributed by atoms with Crippen molar-refractivity contribution in [1.29, 1.82) is 0 Å². The molecule has 23 heavy (non-hydrogen) atoms. The Kier molecular flexibility index (Phi) is 4.52. The number of hydrogen-bond donors (Lipinski definition) is 2. The molecule has 1 aliphatic rings. The van der Waals surface area contributed by atoms with E-state index in [1.54, 1.807) is 20.4 Å². The van der Waals surface area contributed by atoms with Gasteiger partial charge in [-0.05, 0) is 25.2 Å². The highest BCUT2D eigenvalue weighted by atomic mass is 16.5. The molecule has 6 heteroatoms. The fourth-order valence-electron chi connectivity index (χ4n) is 3.13. The molecule has 2 aromatic rings. The number of nitrogens with one attached hydrogen (secondary N) is 1. The molecule has 6 nitrogen and oxygen atoms in total. The zero-order valence-corrected chi connectivity index (χ0v) is 13.7. The third-order valence-electron chi connectivity index (χ3n) is 4.52. The summed E-state index contributed by atoms with van der Waals surface area (Å²) in [6.07, 6.45) is 4.26.